The van der Waals surface area contributed by atoms with Crippen LogP contribution in [0.4, 0.5) is 4.39 Å². The number of aromatic amines is 1. The van der Waals surface area contributed by atoms with E-state index in [-0.39, 0.29) is 28.1 Å². The highest BCUT2D eigenvalue weighted by Gasteiger charge is 2.17. The van der Waals surface area contributed by atoms with E-state index in [9.17, 15) is 9.18 Å². The zero-order valence-electron chi connectivity index (χ0n) is 9.89. The molecule has 0 aliphatic heterocycles. The van der Waals surface area contributed by atoms with Crippen molar-refractivity contribution in [2.24, 2.45) is 0 Å². The maximum atomic E-state index is 13.9. The van der Waals surface area contributed by atoms with Gasteiger partial charge in [0.05, 0.1) is 16.6 Å². The fraction of sp³-hybridized carbons (Fsp3) is 0. The SMILES string of the molecule is O=C(O)c1ccnc2nc(-c3c(F)cccc3Br)[nH]c12. The molecule has 3 rings (SSSR count). The largest absolute Gasteiger partial charge is 0.478 e. The number of hydrogen-bond donors (Lipinski definition) is 2. The molecule has 1 aromatic carbocycles. The smallest absolute Gasteiger partial charge is 0.338 e. The lowest BCUT2D eigenvalue weighted by Crippen LogP contribution is -1.97. The number of carboxylic acids is 1. The van der Waals surface area contributed by atoms with Gasteiger partial charge in [0.1, 0.15) is 11.6 Å². The van der Waals surface area contributed by atoms with Crippen molar-refractivity contribution in [2.75, 3.05) is 0 Å². The van der Waals surface area contributed by atoms with Crippen LogP contribution in [0.1, 0.15) is 10.4 Å². The van der Waals surface area contributed by atoms with Gasteiger partial charge in [0.15, 0.2) is 5.65 Å². The fourth-order valence-electron chi connectivity index (χ4n) is 1.93. The molecule has 0 fully saturated rings. The van der Waals surface area contributed by atoms with Crippen molar-refractivity contribution >= 4 is 33.1 Å². The lowest BCUT2D eigenvalue weighted by atomic mass is 10.2. The standard InChI is InChI=1S/C13H7BrFN3O2/c14-7-2-1-3-8(15)9(7)11-17-10-6(13(19)20)4-5-16-12(10)18-11/h1-5H,(H,19,20)(H,16,17,18). The molecule has 0 amide bonds. The highest BCUT2D eigenvalue weighted by Crippen LogP contribution is 2.30. The predicted molar refractivity (Wildman–Crippen MR) is 73.9 cm³/mol. The molecule has 5 nitrogen and oxygen atoms in total. The van der Waals surface area contributed by atoms with E-state index >= 15 is 0 Å². The van der Waals surface area contributed by atoms with Crippen LogP contribution >= 0.6 is 15.9 Å². The van der Waals surface area contributed by atoms with E-state index in [2.05, 4.69) is 30.9 Å². The molecular formula is C13H7BrFN3O2. The topological polar surface area (TPSA) is 78.9 Å². The van der Waals surface area contributed by atoms with Gasteiger partial charge in [-0.3, -0.25) is 0 Å². The molecule has 0 atom stereocenters. The van der Waals surface area contributed by atoms with Crippen LogP contribution in [0.3, 0.4) is 0 Å². The van der Waals surface area contributed by atoms with E-state index in [1.54, 1.807) is 12.1 Å². The van der Waals surface area contributed by atoms with Crippen molar-refractivity contribution < 1.29 is 14.3 Å². The summed E-state index contributed by atoms with van der Waals surface area (Å²) in [7, 11) is 0. The van der Waals surface area contributed by atoms with Gasteiger partial charge in [-0.05, 0) is 34.1 Å². The second-order valence-corrected chi connectivity index (χ2v) is 4.90. The summed E-state index contributed by atoms with van der Waals surface area (Å²) in [6, 6.07) is 5.91. The van der Waals surface area contributed by atoms with Crippen molar-refractivity contribution in [3.05, 3.63) is 46.3 Å². The Hall–Kier alpha value is -2.28. The Kier molecular flexibility index (Phi) is 2.98. The van der Waals surface area contributed by atoms with E-state index in [1.807, 2.05) is 0 Å². The van der Waals surface area contributed by atoms with Gasteiger partial charge >= 0.3 is 5.97 Å². The van der Waals surface area contributed by atoms with Gasteiger partial charge in [0, 0.05) is 10.7 Å². The number of pyridine rings is 1. The van der Waals surface area contributed by atoms with Crippen molar-refractivity contribution in [3.63, 3.8) is 0 Å². The van der Waals surface area contributed by atoms with Gasteiger partial charge in [-0.25, -0.2) is 19.2 Å². The molecule has 20 heavy (non-hydrogen) atoms. The number of carbonyl (C=O) groups is 1. The minimum Gasteiger partial charge on any atom is -0.478 e. The number of nitrogens with zero attached hydrogens (tertiary/aromatic N) is 2. The first-order valence-corrected chi connectivity index (χ1v) is 6.39. The van der Waals surface area contributed by atoms with Crippen LogP contribution in [0.5, 0.6) is 0 Å². The molecule has 0 saturated carbocycles. The summed E-state index contributed by atoms with van der Waals surface area (Å²) in [6.45, 7) is 0. The molecule has 0 bridgehead atoms. The third kappa shape index (κ3) is 1.96. The molecule has 0 saturated heterocycles. The van der Waals surface area contributed by atoms with Gasteiger partial charge in [0.2, 0.25) is 0 Å². The predicted octanol–water partition coefficient (Wildman–Crippen LogP) is 3.22. The molecule has 100 valence electrons. The summed E-state index contributed by atoms with van der Waals surface area (Å²) in [5.74, 6) is -1.33. The lowest BCUT2D eigenvalue weighted by molar-refractivity contribution is 0.0698. The number of H-pyrrole nitrogens is 1. The van der Waals surface area contributed by atoms with Gasteiger partial charge < -0.3 is 10.1 Å². The maximum Gasteiger partial charge on any atom is 0.338 e. The summed E-state index contributed by atoms with van der Waals surface area (Å²) in [5.41, 5.74) is 0.781. The first-order chi connectivity index (χ1) is 9.58. The number of aromatic carboxylic acids is 1. The average molecular weight is 336 g/mol. The summed E-state index contributed by atoms with van der Waals surface area (Å²) >= 11 is 3.25. The Labute approximate surface area is 120 Å². The number of aromatic nitrogens is 3. The van der Waals surface area contributed by atoms with Gasteiger partial charge in [-0.1, -0.05) is 6.07 Å². The molecule has 0 spiro atoms. The summed E-state index contributed by atoms with van der Waals surface area (Å²) in [5, 5.41) is 9.11. The third-order valence-corrected chi connectivity index (χ3v) is 3.48. The number of nitrogens with one attached hydrogen (secondary N) is 1. The van der Waals surface area contributed by atoms with Crippen LogP contribution in [0, 0.1) is 5.82 Å². The third-order valence-electron chi connectivity index (χ3n) is 2.82. The second-order valence-electron chi connectivity index (χ2n) is 4.04. The number of hydrogen-bond acceptors (Lipinski definition) is 3. The van der Waals surface area contributed by atoms with Crippen LogP contribution in [0.15, 0.2) is 34.9 Å². The normalized spacial score (nSPS) is 10.9. The first-order valence-electron chi connectivity index (χ1n) is 5.60. The molecule has 2 aromatic heterocycles. The minimum absolute atomic E-state index is 0.0428. The van der Waals surface area contributed by atoms with Gasteiger partial charge in [0.25, 0.3) is 0 Å². The minimum atomic E-state index is -1.10. The first kappa shape index (κ1) is 12.7. The molecular weight excluding hydrogens is 329 g/mol. The lowest BCUT2D eigenvalue weighted by Gasteiger charge is -2.01. The monoisotopic (exact) mass is 335 g/mol. The van der Waals surface area contributed by atoms with E-state index in [4.69, 9.17) is 5.11 Å². The molecule has 0 aliphatic rings. The maximum absolute atomic E-state index is 13.9. The number of halogens is 2. The highest BCUT2D eigenvalue weighted by atomic mass is 79.9. The Bertz CT molecular complexity index is 811. The summed E-state index contributed by atoms with van der Waals surface area (Å²) < 4.78 is 14.4. The molecule has 0 radical (unpaired) electrons. The Balaban J connectivity index is 2.29. The Morgan fingerprint density at radius 1 is 1.35 bits per heavy atom. The van der Waals surface area contributed by atoms with Crippen LogP contribution < -0.4 is 0 Å². The van der Waals surface area contributed by atoms with E-state index in [1.165, 1.54) is 18.3 Å². The number of imidazole rings is 1. The second kappa shape index (κ2) is 4.68. The molecule has 2 heterocycles. The summed E-state index contributed by atoms with van der Waals surface area (Å²) in [6.07, 6.45) is 1.35. The molecule has 7 heteroatoms. The zero-order chi connectivity index (χ0) is 14.3. The summed E-state index contributed by atoms with van der Waals surface area (Å²) in [4.78, 5) is 22.1. The Morgan fingerprint density at radius 3 is 2.85 bits per heavy atom. The Morgan fingerprint density at radius 2 is 2.15 bits per heavy atom. The van der Waals surface area contributed by atoms with Crippen LogP contribution in [0.25, 0.3) is 22.6 Å². The fourth-order valence-corrected chi connectivity index (χ4v) is 2.46. The number of rotatable bonds is 2. The molecule has 0 aliphatic carbocycles. The molecule has 3 aromatic rings. The van der Waals surface area contributed by atoms with Crippen molar-refractivity contribution in [2.45, 2.75) is 0 Å². The molecule has 2 N–H and O–H groups in total. The highest BCUT2D eigenvalue weighted by molar-refractivity contribution is 9.10. The van der Waals surface area contributed by atoms with Crippen LogP contribution in [-0.4, -0.2) is 26.0 Å². The van der Waals surface area contributed by atoms with Crippen molar-refractivity contribution in [1.29, 1.82) is 0 Å². The quantitative estimate of drug-likeness (QED) is 0.753. The van der Waals surface area contributed by atoms with Crippen LogP contribution in [0.2, 0.25) is 0 Å². The van der Waals surface area contributed by atoms with Crippen molar-refractivity contribution in [1.82, 2.24) is 15.0 Å². The number of benzene rings is 1. The van der Waals surface area contributed by atoms with E-state index < -0.39 is 11.8 Å². The number of carboxylic acid groups (broad SMARTS) is 1. The molecule has 0 unspecified atom stereocenters. The van der Waals surface area contributed by atoms with Gasteiger partial charge in [-0.2, -0.15) is 0 Å². The van der Waals surface area contributed by atoms with Crippen LogP contribution in [-0.2, 0) is 0 Å². The average Bonchev–Trinajstić information content (AvgIpc) is 2.81. The van der Waals surface area contributed by atoms with Gasteiger partial charge in [-0.15, -0.1) is 0 Å². The van der Waals surface area contributed by atoms with Crippen molar-refractivity contribution in [3.8, 4) is 11.4 Å². The number of fused-ring (bicyclic) bond motifs is 1. The zero-order valence-corrected chi connectivity index (χ0v) is 11.5. The van der Waals surface area contributed by atoms with E-state index in [0.717, 1.165) is 0 Å². The van der Waals surface area contributed by atoms with E-state index in [0.29, 0.717) is 4.47 Å².